The minimum atomic E-state index is -2.52. The molecule has 0 N–H and O–H groups in total. The molecule has 0 atom stereocenters. The van der Waals surface area contributed by atoms with Gasteiger partial charge in [0.25, 0.3) is 0 Å². The first kappa shape index (κ1) is 60.1. The van der Waals surface area contributed by atoms with Crippen LogP contribution >= 0.6 is 0 Å². The van der Waals surface area contributed by atoms with Crippen molar-refractivity contribution in [2.24, 2.45) is 28.2 Å². The Balaban J connectivity index is 0.000000124. The van der Waals surface area contributed by atoms with Crippen LogP contribution in [0.3, 0.4) is 0 Å². The number of fused-ring (bicyclic) bond motifs is 12. The maximum Gasteiger partial charge on any atom is 0.224 e. The van der Waals surface area contributed by atoms with E-state index in [1.807, 2.05) is 275 Å². The van der Waals surface area contributed by atoms with Gasteiger partial charge in [0.05, 0.1) is 44.5 Å². The predicted molar refractivity (Wildman–Crippen MR) is 501 cm³/mol. The molecule has 0 saturated carbocycles. The van der Waals surface area contributed by atoms with Crippen molar-refractivity contribution in [3.8, 4) is 101 Å². The summed E-state index contributed by atoms with van der Waals surface area (Å²) >= 11 is 0. The quantitative estimate of drug-likeness (QED) is 0.134. The van der Waals surface area contributed by atoms with Crippen LogP contribution in [-0.4, -0.2) is 9.97 Å². The Hall–Kier alpha value is -14.5. The van der Waals surface area contributed by atoms with Gasteiger partial charge >= 0.3 is 0 Å². The third kappa shape index (κ3) is 14.2. The fraction of sp³-hybridized carbons (Fsp3) is 0.143. The summed E-state index contributed by atoms with van der Waals surface area (Å²) in [5.74, 6) is 0. The molecule has 21 aromatic rings. The number of pyridine rings is 6. The van der Waals surface area contributed by atoms with E-state index in [0.717, 1.165) is 166 Å². The summed E-state index contributed by atoms with van der Waals surface area (Å²) < 4.78 is 181. The smallest absolute Gasteiger partial charge is 0.224 e. The van der Waals surface area contributed by atoms with Crippen LogP contribution in [0.4, 0.5) is 0 Å². The van der Waals surface area contributed by atoms with Crippen LogP contribution in [0.25, 0.3) is 189 Å². The highest BCUT2D eigenvalue weighted by Gasteiger charge is 2.31. The molecule has 0 unspecified atom stereocenters. The van der Waals surface area contributed by atoms with Crippen molar-refractivity contribution in [2.45, 2.75) is 82.7 Å². The lowest BCUT2D eigenvalue weighted by Crippen LogP contribution is -2.31. The Morgan fingerprint density at radius 2 is 0.689 bits per heavy atom. The number of aryl methyl sites for hydroxylation is 16. The molecular weight excluding hydrogens is 1490 g/mol. The van der Waals surface area contributed by atoms with Gasteiger partial charge in [0, 0.05) is 93.7 Å². The molecule has 0 saturated heterocycles. The zero-order valence-corrected chi connectivity index (χ0v) is 69.2. The maximum atomic E-state index is 8.49. The Morgan fingerprint density at radius 3 is 1.28 bits per heavy atom. The van der Waals surface area contributed by atoms with Crippen LogP contribution in [0.1, 0.15) is 91.4 Å². The van der Waals surface area contributed by atoms with E-state index in [9.17, 15) is 0 Å². The minimum absolute atomic E-state index is 0.0113. The summed E-state index contributed by atoms with van der Waals surface area (Å²) in [6, 6.07) is 83.3. The number of furan rings is 4. The van der Waals surface area contributed by atoms with Crippen molar-refractivity contribution in [3.63, 3.8) is 0 Å². The van der Waals surface area contributed by atoms with Gasteiger partial charge in [0.2, 0.25) is 22.8 Å². The van der Waals surface area contributed by atoms with E-state index in [1.165, 1.54) is 18.2 Å². The van der Waals surface area contributed by atoms with Gasteiger partial charge in [-0.05, 0) is 268 Å². The number of nitrogens with zero attached hydrogens (tertiary/aromatic N) is 6. The molecule has 0 aliphatic rings. The van der Waals surface area contributed by atoms with Crippen molar-refractivity contribution in [2.75, 3.05) is 0 Å². The van der Waals surface area contributed by atoms with Gasteiger partial charge in [-0.15, -0.1) is 0 Å². The summed E-state index contributed by atoms with van der Waals surface area (Å²) in [7, 11) is 7.69. The Morgan fingerprint density at radius 1 is 0.246 bits per heavy atom. The first-order chi connectivity index (χ1) is 66.4. The molecule has 0 spiro atoms. The van der Waals surface area contributed by atoms with Crippen LogP contribution in [0.15, 0.2) is 322 Å². The summed E-state index contributed by atoms with van der Waals surface area (Å²) in [6.07, 6.45) is 11.3. The van der Waals surface area contributed by atoms with Gasteiger partial charge < -0.3 is 17.7 Å². The molecule has 10 heteroatoms. The van der Waals surface area contributed by atoms with Gasteiger partial charge in [-0.3, -0.25) is 9.97 Å². The molecule has 0 fully saturated rings. The summed E-state index contributed by atoms with van der Waals surface area (Å²) in [6.45, 7) is -2.75. The third-order valence-corrected chi connectivity index (χ3v) is 23.1. The van der Waals surface area contributed by atoms with Crippen LogP contribution in [0.2, 0.25) is 0 Å². The summed E-state index contributed by atoms with van der Waals surface area (Å²) in [5, 5.41) is 5.98. The van der Waals surface area contributed by atoms with E-state index >= 15 is 0 Å². The van der Waals surface area contributed by atoms with Crippen molar-refractivity contribution in [3.05, 3.63) is 371 Å². The Bertz CT molecular complexity index is 8420. The SMILES string of the molecule is [2H]C([2H])([2H])c1cc(-c2ccccc2)cc(C)c1-c1ccc[n+](C)c1-c1c(C)cnc2c1oc1ccccc12.[2H]C([2H])([2H])c1cc(C)cc(C([2H])([2H])[2H])c1-c1ccc[n+](C)c1-c1c(C)ccc2c1oc1cccnc12.[2H]C([2H])([2H])c1cccc(C([2H])([2H])[2H])c1-c1ccc[n+](C)c1-c1cc2oc3ccccc3c2cc1C.[2H]C([2H])([2H])c1ccccc1-c1ccc[n+](C)c1-c1cc2oc3ccccc3c2cc1C. The van der Waals surface area contributed by atoms with E-state index in [4.69, 9.17) is 47.3 Å². The Kier molecular flexibility index (Phi) is 15.9. The van der Waals surface area contributed by atoms with Crippen LogP contribution < -0.4 is 18.3 Å². The molecule has 21 rings (SSSR count). The molecule has 0 aliphatic carbocycles. The molecule has 10 aromatic heterocycles. The highest BCUT2D eigenvalue weighted by molar-refractivity contribution is 6.12. The molecule has 11 aromatic carbocycles. The number of hydrogen-bond acceptors (Lipinski definition) is 6. The largest absolute Gasteiger partial charge is 0.456 e. The average Bonchev–Trinajstić information content (AvgIpc) is 1.35. The normalized spacial score (nSPS) is 14.2. The zero-order chi connectivity index (χ0) is 99.5. The fourth-order valence-electron chi connectivity index (χ4n) is 17.5. The van der Waals surface area contributed by atoms with E-state index in [2.05, 4.69) is 42.2 Å². The molecular formula is C112H98N6O4+4. The number of aromatic nitrogens is 6. The van der Waals surface area contributed by atoms with Gasteiger partial charge in [0.1, 0.15) is 67.1 Å². The van der Waals surface area contributed by atoms with Gasteiger partial charge in [0.15, 0.2) is 41.5 Å². The van der Waals surface area contributed by atoms with Crippen molar-refractivity contribution >= 4 is 88.0 Å². The van der Waals surface area contributed by atoms with E-state index in [-0.39, 0.29) is 33.4 Å². The second kappa shape index (κ2) is 32.3. The third-order valence-electron chi connectivity index (χ3n) is 23.1. The van der Waals surface area contributed by atoms with Gasteiger partial charge in [-0.1, -0.05) is 157 Å². The molecule has 0 radical (unpaired) electrons. The molecule has 596 valence electrons. The highest BCUT2D eigenvalue weighted by Crippen LogP contribution is 2.46. The van der Waals surface area contributed by atoms with Gasteiger partial charge in [-0.2, -0.15) is 0 Å². The summed E-state index contributed by atoms with van der Waals surface area (Å²) in [5.41, 5.74) is 26.9. The number of benzene rings is 11. The number of para-hydroxylation sites is 3. The number of hydrogen-bond donors (Lipinski definition) is 0. The molecule has 122 heavy (non-hydrogen) atoms. The Labute approximate surface area is 737 Å². The van der Waals surface area contributed by atoms with Gasteiger partial charge in [-0.25, -0.2) is 18.3 Å². The van der Waals surface area contributed by atoms with Crippen LogP contribution in [0.5, 0.6) is 0 Å². The standard InChI is InChI=1S/C32H27N2O.C27H25N2O.C27H24NO.C26H22NO/c1-20-17-24(23-11-6-5-7-12-23)18-21(2)28(20)26-14-10-16-34(4)31(26)29-22(3)19-33-30-25-13-8-9-15-27(25)35-32(29)30;1-16-14-18(3)23(19(4)15-16)20-8-7-13-29(5)26(20)24-17(2)10-11-21-25-22(30-27(21)24)9-6-12-28-25;1-17-9-7-10-18(2)26(17)21-12-8-14-28(4)27(21)22-16-25-23(15-19(22)3)20-11-5-6-13-24(20)29-25;1-17-9-4-5-10-19(17)21-12-8-14-27(3)26(21)22-16-25-23(15-18(22)2)20-11-6-7-13-24(20)28-25/h5-19H,1-4H3;6-15H,1-5H3;5-16H,1-4H3;4-16H,1-3H3/q4*+1/i1D3;3D3,4D3;1D3,2D3;1D3. The molecule has 0 amide bonds. The lowest BCUT2D eigenvalue weighted by molar-refractivity contribution is -0.660. The second-order valence-corrected chi connectivity index (χ2v) is 31.3. The molecule has 10 nitrogen and oxygen atoms in total. The van der Waals surface area contributed by atoms with Crippen molar-refractivity contribution in [1.29, 1.82) is 0 Å². The van der Waals surface area contributed by atoms with Crippen LogP contribution in [0, 0.1) is 82.7 Å². The fourth-order valence-corrected chi connectivity index (χ4v) is 17.5. The summed E-state index contributed by atoms with van der Waals surface area (Å²) in [4.78, 5) is 9.20. The molecule has 0 aliphatic heterocycles. The zero-order valence-electron chi connectivity index (χ0n) is 87.2. The van der Waals surface area contributed by atoms with Crippen molar-refractivity contribution in [1.82, 2.24) is 9.97 Å². The van der Waals surface area contributed by atoms with Crippen LogP contribution in [-0.2, 0) is 28.2 Å². The lowest BCUT2D eigenvalue weighted by Gasteiger charge is -2.16. The first-order valence-corrected chi connectivity index (χ1v) is 40.4. The van der Waals surface area contributed by atoms with E-state index < -0.39 is 41.1 Å². The second-order valence-electron chi connectivity index (χ2n) is 31.3. The molecule has 10 heterocycles. The lowest BCUT2D eigenvalue weighted by atomic mass is 9.88. The maximum absolute atomic E-state index is 8.49. The highest BCUT2D eigenvalue weighted by atomic mass is 16.3. The predicted octanol–water partition coefficient (Wildman–Crippen LogP) is 27.1. The van der Waals surface area contributed by atoms with E-state index in [0.29, 0.717) is 55.8 Å². The number of rotatable bonds is 9. The van der Waals surface area contributed by atoms with E-state index in [1.54, 1.807) is 61.7 Å². The molecule has 0 bridgehead atoms. The first-order valence-electron chi connectivity index (χ1n) is 49.4. The van der Waals surface area contributed by atoms with Crippen molar-refractivity contribution < 1.29 is 60.6 Å². The minimum Gasteiger partial charge on any atom is -0.456 e. The monoisotopic (exact) mass is 1610 g/mol. The topological polar surface area (TPSA) is 93.9 Å². The average molecular weight is 1610 g/mol.